The normalized spacial score (nSPS) is 18.5. The van der Waals surface area contributed by atoms with Gasteiger partial charge in [-0.1, -0.05) is 6.07 Å². The van der Waals surface area contributed by atoms with E-state index in [0.29, 0.717) is 18.7 Å². The van der Waals surface area contributed by atoms with Gasteiger partial charge in [0.2, 0.25) is 5.91 Å². The largest absolute Gasteiger partial charge is 0.444 e. The highest BCUT2D eigenvalue weighted by atomic mass is 16.6. The van der Waals surface area contributed by atoms with Crippen molar-refractivity contribution in [2.45, 2.75) is 45.8 Å². The molecule has 6 nitrogen and oxygen atoms in total. The van der Waals surface area contributed by atoms with Crippen LogP contribution in [-0.4, -0.2) is 30.2 Å². The van der Waals surface area contributed by atoms with Crippen LogP contribution in [0.3, 0.4) is 0 Å². The molecule has 1 saturated heterocycles. The van der Waals surface area contributed by atoms with Crippen LogP contribution < -0.4 is 16.0 Å². The lowest BCUT2D eigenvalue weighted by atomic mass is 10.1. The van der Waals surface area contributed by atoms with E-state index < -0.39 is 11.7 Å². The van der Waals surface area contributed by atoms with E-state index in [-0.39, 0.29) is 11.9 Å². The van der Waals surface area contributed by atoms with Gasteiger partial charge in [0.1, 0.15) is 5.60 Å². The van der Waals surface area contributed by atoms with E-state index in [1.807, 2.05) is 13.0 Å². The quantitative estimate of drug-likeness (QED) is 0.878. The molecule has 120 valence electrons. The molecule has 1 aliphatic rings. The summed E-state index contributed by atoms with van der Waals surface area (Å²) in [5.41, 5.74) is 7.59. The van der Waals surface area contributed by atoms with Crippen molar-refractivity contribution in [1.29, 1.82) is 0 Å². The average Bonchev–Trinajstić information content (AvgIpc) is 2.68. The number of carbonyl (C=O) groups excluding carboxylic acids is 2. The number of nitrogens with one attached hydrogen (secondary N) is 1. The number of aryl methyl sites for hydroxylation is 1. The number of benzene rings is 1. The molecule has 2 rings (SSSR count). The summed E-state index contributed by atoms with van der Waals surface area (Å²) in [5, 5.41) is 2.69. The first-order chi connectivity index (χ1) is 10.2. The van der Waals surface area contributed by atoms with Crippen molar-refractivity contribution >= 4 is 23.4 Å². The average molecular weight is 305 g/mol. The fraction of sp³-hybridized carbons (Fsp3) is 0.500. The number of nitrogens with two attached hydrogens (primary N) is 1. The van der Waals surface area contributed by atoms with Gasteiger partial charge in [0, 0.05) is 30.4 Å². The molecule has 3 N–H and O–H groups in total. The Bertz CT molecular complexity index is 593. The maximum Gasteiger partial charge on any atom is 0.412 e. The maximum absolute atomic E-state index is 12.0. The van der Waals surface area contributed by atoms with Gasteiger partial charge in [-0.15, -0.1) is 0 Å². The van der Waals surface area contributed by atoms with Crippen molar-refractivity contribution in [3.63, 3.8) is 0 Å². The van der Waals surface area contributed by atoms with Crippen molar-refractivity contribution in [2.75, 3.05) is 16.8 Å². The summed E-state index contributed by atoms with van der Waals surface area (Å²) in [6.07, 6.45) is -0.171. The SMILES string of the molecule is Cc1ccc(NC(=O)OC(C)(C)C)cc1N1CC(N)CC1=O. The smallest absolute Gasteiger partial charge is 0.412 e. The Morgan fingerprint density at radius 1 is 1.41 bits per heavy atom. The van der Waals surface area contributed by atoms with Crippen LogP contribution in [0.25, 0.3) is 0 Å². The Balaban J connectivity index is 2.17. The number of ether oxygens (including phenoxy) is 1. The number of rotatable bonds is 2. The molecule has 1 aromatic carbocycles. The Kier molecular flexibility index (Phi) is 4.42. The van der Waals surface area contributed by atoms with Crippen LogP contribution in [-0.2, 0) is 9.53 Å². The van der Waals surface area contributed by atoms with Crippen LogP contribution in [0.4, 0.5) is 16.2 Å². The molecule has 0 aromatic heterocycles. The summed E-state index contributed by atoms with van der Waals surface area (Å²) in [7, 11) is 0. The number of anilines is 2. The molecular weight excluding hydrogens is 282 g/mol. The third-order valence-corrected chi connectivity index (χ3v) is 3.30. The number of carbonyl (C=O) groups is 2. The zero-order valence-electron chi connectivity index (χ0n) is 13.5. The van der Waals surface area contributed by atoms with Gasteiger partial charge < -0.3 is 15.4 Å². The van der Waals surface area contributed by atoms with E-state index >= 15 is 0 Å². The van der Waals surface area contributed by atoms with Crippen molar-refractivity contribution in [2.24, 2.45) is 5.73 Å². The summed E-state index contributed by atoms with van der Waals surface area (Å²) in [5.74, 6) is 0.00465. The molecule has 2 amide bonds. The third kappa shape index (κ3) is 3.98. The van der Waals surface area contributed by atoms with Crippen LogP contribution in [0.2, 0.25) is 0 Å². The van der Waals surface area contributed by atoms with Gasteiger partial charge in [-0.3, -0.25) is 10.1 Å². The Labute approximate surface area is 130 Å². The van der Waals surface area contributed by atoms with Crippen LogP contribution in [0.15, 0.2) is 18.2 Å². The Morgan fingerprint density at radius 3 is 2.64 bits per heavy atom. The lowest BCUT2D eigenvalue weighted by Crippen LogP contribution is -2.29. The van der Waals surface area contributed by atoms with Gasteiger partial charge in [0.15, 0.2) is 0 Å². The van der Waals surface area contributed by atoms with Gasteiger partial charge in [-0.2, -0.15) is 0 Å². The van der Waals surface area contributed by atoms with Crippen molar-refractivity contribution in [3.05, 3.63) is 23.8 Å². The first-order valence-corrected chi connectivity index (χ1v) is 7.32. The van der Waals surface area contributed by atoms with Crippen LogP contribution in [0.5, 0.6) is 0 Å². The van der Waals surface area contributed by atoms with Crippen LogP contribution >= 0.6 is 0 Å². The van der Waals surface area contributed by atoms with E-state index in [1.165, 1.54) is 0 Å². The van der Waals surface area contributed by atoms with Gasteiger partial charge in [-0.25, -0.2) is 4.79 Å². The molecule has 0 saturated carbocycles. The first kappa shape index (κ1) is 16.3. The highest BCUT2D eigenvalue weighted by Crippen LogP contribution is 2.28. The minimum absolute atomic E-state index is 0.00465. The number of amides is 2. The zero-order chi connectivity index (χ0) is 16.5. The summed E-state index contributed by atoms with van der Waals surface area (Å²) in [6, 6.07) is 5.27. The molecule has 0 aliphatic carbocycles. The van der Waals surface area contributed by atoms with Gasteiger partial charge in [0.25, 0.3) is 0 Å². The van der Waals surface area contributed by atoms with Crippen molar-refractivity contribution < 1.29 is 14.3 Å². The molecule has 0 spiro atoms. The van der Waals surface area contributed by atoms with E-state index in [1.54, 1.807) is 37.8 Å². The molecular formula is C16H23N3O3. The highest BCUT2D eigenvalue weighted by molar-refractivity contribution is 5.98. The molecule has 1 aromatic rings. The first-order valence-electron chi connectivity index (χ1n) is 7.32. The second kappa shape index (κ2) is 5.96. The molecule has 0 radical (unpaired) electrons. The monoisotopic (exact) mass is 305 g/mol. The molecule has 1 fully saturated rings. The predicted molar refractivity (Wildman–Crippen MR) is 86.0 cm³/mol. The van der Waals surface area contributed by atoms with Crippen molar-refractivity contribution in [1.82, 2.24) is 0 Å². The molecule has 0 bridgehead atoms. The summed E-state index contributed by atoms with van der Waals surface area (Å²) < 4.78 is 5.22. The predicted octanol–water partition coefficient (Wildman–Crippen LogP) is 2.41. The lowest BCUT2D eigenvalue weighted by Gasteiger charge is -2.22. The van der Waals surface area contributed by atoms with Gasteiger partial charge >= 0.3 is 6.09 Å². The van der Waals surface area contributed by atoms with E-state index in [0.717, 1.165) is 11.3 Å². The second-order valence-electron chi connectivity index (χ2n) is 6.60. The Morgan fingerprint density at radius 2 is 2.09 bits per heavy atom. The fourth-order valence-corrected chi connectivity index (χ4v) is 2.37. The maximum atomic E-state index is 12.0. The summed E-state index contributed by atoms with van der Waals surface area (Å²) in [4.78, 5) is 25.5. The van der Waals surface area contributed by atoms with Crippen LogP contribution in [0, 0.1) is 6.92 Å². The molecule has 1 atom stereocenters. The molecule has 22 heavy (non-hydrogen) atoms. The minimum atomic E-state index is -0.560. The molecule has 6 heteroatoms. The molecule has 1 aliphatic heterocycles. The summed E-state index contributed by atoms with van der Waals surface area (Å²) >= 11 is 0. The molecule has 1 unspecified atom stereocenters. The minimum Gasteiger partial charge on any atom is -0.444 e. The third-order valence-electron chi connectivity index (χ3n) is 3.30. The Hall–Kier alpha value is -2.08. The lowest BCUT2D eigenvalue weighted by molar-refractivity contribution is -0.117. The molecule has 1 heterocycles. The van der Waals surface area contributed by atoms with E-state index in [2.05, 4.69) is 5.32 Å². The standard InChI is InChI=1S/C16H23N3O3/c1-10-5-6-12(18-15(21)22-16(2,3)4)8-13(10)19-9-11(17)7-14(19)20/h5-6,8,11H,7,9,17H2,1-4H3,(H,18,21). The number of nitrogens with zero attached hydrogens (tertiary/aromatic N) is 1. The summed E-state index contributed by atoms with van der Waals surface area (Å²) in [6.45, 7) is 7.82. The van der Waals surface area contributed by atoms with Crippen molar-refractivity contribution in [3.8, 4) is 0 Å². The highest BCUT2D eigenvalue weighted by Gasteiger charge is 2.29. The van der Waals surface area contributed by atoms with E-state index in [4.69, 9.17) is 10.5 Å². The van der Waals surface area contributed by atoms with E-state index in [9.17, 15) is 9.59 Å². The second-order valence-corrected chi connectivity index (χ2v) is 6.60. The number of hydrogen-bond acceptors (Lipinski definition) is 4. The van der Waals surface area contributed by atoms with Gasteiger partial charge in [0.05, 0.1) is 0 Å². The van der Waals surface area contributed by atoms with Crippen LogP contribution in [0.1, 0.15) is 32.8 Å². The number of hydrogen-bond donors (Lipinski definition) is 2. The zero-order valence-corrected chi connectivity index (χ0v) is 13.5. The van der Waals surface area contributed by atoms with Gasteiger partial charge in [-0.05, 0) is 45.4 Å². The fourth-order valence-electron chi connectivity index (χ4n) is 2.37. The topological polar surface area (TPSA) is 84.7 Å².